The van der Waals surface area contributed by atoms with Crippen molar-refractivity contribution in [1.29, 1.82) is 0 Å². The summed E-state index contributed by atoms with van der Waals surface area (Å²) >= 11 is 0. The minimum atomic E-state index is -0.779. The number of fused-ring (bicyclic) bond motifs is 1. The van der Waals surface area contributed by atoms with Gasteiger partial charge in [-0.25, -0.2) is 14.1 Å². The number of imide groups is 1. The molecule has 0 saturated carbocycles. The predicted octanol–water partition coefficient (Wildman–Crippen LogP) is 6.84. The molecule has 41 heavy (non-hydrogen) atoms. The van der Waals surface area contributed by atoms with Crippen molar-refractivity contribution in [2.45, 2.75) is 59.3 Å². The van der Waals surface area contributed by atoms with E-state index in [0.717, 1.165) is 10.5 Å². The summed E-state index contributed by atoms with van der Waals surface area (Å²) in [7, 11) is 0. The summed E-state index contributed by atoms with van der Waals surface area (Å²) in [5.74, 6) is -0.391. The Morgan fingerprint density at radius 3 is 2.37 bits per heavy atom. The Kier molecular flexibility index (Phi) is 7.62. The lowest BCUT2D eigenvalue weighted by Gasteiger charge is -2.29. The van der Waals surface area contributed by atoms with Gasteiger partial charge in [0.1, 0.15) is 35.2 Å². The summed E-state index contributed by atoms with van der Waals surface area (Å²) < 4.78 is 28.7. The molecular formula is C32H33FN4O4. The largest absolute Gasteiger partial charge is 0.489 e. The standard InChI is InChI=1S/C32H33FN4O4/c1-20(2)22-8-6-21(7-9-22)19-40-24-10-11-25(26(33)18-24)27-28(23-12-14-34-15-13-23)35-37-17-16-36(30(38)29(27)37)31(39)41-32(3,4)5/h6-15,18,20H,16-17,19H2,1-5H3. The highest BCUT2D eigenvalue weighted by molar-refractivity contribution is 6.08. The quantitative estimate of drug-likeness (QED) is 0.258. The van der Waals surface area contributed by atoms with Gasteiger partial charge in [0.05, 0.1) is 13.1 Å². The van der Waals surface area contributed by atoms with E-state index in [1.165, 1.54) is 16.3 Å². The number of carbonyl (C=O) groups is 2. The Morgan fingerprint density at radius 2 is 1.73 bits per heavy atom. The zero-order valence-corrected chi connectivity index (χ0v) is 23.8. The SMILES string of the molecule is CC(C)c1ccc(COc2ccc(-c3c(-c4ccncc4)nn4c3C(=O)N(C(=O)OC(C)(C)C)CC4)c(F)c2)cc1. The first-order chi connectivity index (χ1) is 19.5. The average Bonchev–Trinajstić information content (AvgIpc) is 3.32. The molecule has 2 aromatic carbocycles. The van der Waals surface area contributed by atoms with E-state index in [-0.39, 0.29) is 31.0 Å². The molecule has 0 fully saturated rings. The van der Waals surface area contributed by atoms with E-state index >= 15 is 4.39 Å². The van der Waals surface area contributed by atoms with Crippen LogP contribution in [-0.2, 0) is 17.9 Å². The summed E-state index contributed by atoms with van der Waals surface area (Å²) in [5, 5.41) is 4.67. The molecule has 0 unspecified atom stereocenters. The van der Waals surface area contributed by atoms with Crippen LogP contribution in [0.3, 0.4) is 0 Å². The van der Waals surface area contributed by atoms with Gasteiger partial charge in [-0.2, -0.15) is 5.10 Å². The van der Waals surface area contributed by atoms with Gasteiger partial charge < -0.3 is 9.47 Å². The Hall–Kier alpha value is -4.53. The molecule has 1 aliphatic heterocycles. The summed E-state index contributed by atoms with van der Waals surface area (Å²) in [4.78, 5) is 31.7. The van der Waals surface area contributed by atoms with Crippen molar-refractivity contribution in [3.63, 3.8) is 0 Å². The van der Waals surface area contributed by atoms with Gasteiger partial charge in [0.25, 0.3) is 5.91 Å². The molecular weight excluding hydrogens is 523 g/mol. The highest BCUT2D eigenvalue weighted by Crippen LogP contribution is 2.39. The van der Waals surface area contributed by atoms with Gasteiger partial charge >= 0.3 is 6.09 Å². The number of halogens is 1. The molecule has 3 heterocycles. The molecule has 0 bridgehead atoms. The van der Waals surface area contributed by atoms with Crippen LogP contribution in [0.1, 0.15) is 62.2 Å². The fraction of sp³-hybridized carbons (Fsp3) is 0.312. The van der Waals surface area contributed by atoms with Crippen LogP contribution in [0, 0.1) is 5.82 Å². The zero-order valence-electron chi connectivity index (χ0n) is 23.8. The summed E-state index contributed by atoms with van der Waals surface area (Å²) in [6.45, 7) is 10.1. The fourth-order valence-corrected chi connectivity index (χ4v) is 4.68. The van der Waals surface area contributed by atoms with Gasteiger partial charge in [-0.05, 0) is 62.1 Å². The van der Waals surface area contributed by atoms with Crippen molar-refractivity contribution in [3.8, 4) is 28.1 Å². The lowest BCUT2D eigenvalue weighted by Crippen LogP contribution is -2.46. The van der Waals surface area contributed by atoms with E-state index in [1.807, 2.05) is 12.1 Å². The molecule has 1 aliphatic rings. The van der Waals surface area contributed by atoms with Gasteiger partial charge in [-0.1, -0.05) is 38.1 Å². The predicted molar refractivity (Wildman–Crippen MR) is 153 cm³/mol. The fourth-order valence-electron chi connectivity index (χ4n) is 4.68. The molecule has 0 N–H and O–H groups in total. The highest BCUT2D eigenvalue weighted by Gasteiger charge is 2.37. The monoisotopic (exact) mass is 556 g/mol. The number of ether oxygens (including phenoxy) is 2. The van der Waals surface area contributed by atoms with Gasteiger partial charge in [-0.3, -0.25) is 14.5 Å². The van der Waals surface area contributed by atoms with Gasteiger partial charge in [-0.15, -0.1) is 0 Å². The number of hydrogen-bond donors (Lipinski definition) is 0. The van der Waals surface area contributed by atoms with E-state index in [4.69, 9.17) is 9.47 Å². The van der Waals surface area contributed by atoms with Crippen LogP contribution in [-0.4, -0.2) is 43.8 Å². The molecule has 8 nitrogen and oxygen atoms in total. The third-order valence-corrected chi connectivity index (χ3v) is 6.76. The number of aromatic nitrogens is 3. The first-order valence-electron chi connectivity index (χ1n) is 13.6. The first-order valence-corrected chi connectivity index (χ1v) is 13.6. The minimum absolute atomic E-state index is 0.0884. The molecule has 0 spiro atoms. The molecule has 2 amide bonds. The number of rotatable bonds is 6. The van der Waals surface area contributed by atoms with Crippen molar-refractivity contribution >= 4 is 12.0 Å². The number of benzene rings is 2. The summed E-state index contributed by atoms with van der Waals surface area (Å²) in [6.07, 6.45) is 2.46. The highest BCUT2D eigenvalue weighted by atomic mass is 19.1. The molecule has 212 valence electrons. The Bertz CT molecular complexity index is 1570. The van der Waals surface area contributed by atoms with E-state index in [0.29, 0.717) is 28.5 Å². The van der Waals surface area contributed by atoms with E-state index in [9.17, 15) is 9.59 Å². The van der Waals surface area contributed by atoms with E-state index < -0.39 is 23.4 Å². The van der Waals surface area contributed by atoms with Crippen molar-refractivity contribution < 1.29 is 23.5 Å². The minimum Gasteiger partial charge on any atom is -0.489 e. The molecule has 0 saturated heterocycles. The smallest absolute Gasteiger partial charge is 0.417 e. The average molecular weight is 557 g/mol. The molecule has 4 aromatic rings. The molecule has 0 aliphatic carbocycles. The van der Waals surface area contributed by atoms with Gasteiger partial charge in [0.15, 0.2) is 0 Å². The van der Waals surface area contributed by atoms with Crippen molar-refractivity contribution in [2.75, 3.05) is 6.54 Å². The maximum Gasteiger partial charge on any atom is 0.417 e. The Balaban J connectivity index is 1.49. The lowest BCUT2D eigenvalue weighted by atomic mass is 9.97. The second kappa shape index (κ2) is 11.2. The maximum atomic E-state index is 15.8. The molecule has 9 heteroatoms. The molecule has 0 radical (unpaired) electrons. The third-order valence-electron chi connectivity index (χ3n) is 6.76. The van der Waals surface area contributed by atoms with Crippen molar-refractivity contribution in [1.82, 2.24) is 19.7 Å². The zero-order chi connectivity index (χ0) is 29.3. The number of carbonyl (C=O) groups excluding carboxylic acids is 2. The summed E-state index contributed by atoms with van der Waals surface area (Å²) in [5.41, 5.74) is 3.09. The van der Waals surface area contributed by atoms with E-state index in [2.05, 4.69) is 36.1 Å². The van der Waals surface area contributed by atoms with Gasteiger partial charge in [0.2, 0.25) is 0 Å². The lowest BCUT2D eigenvalue weighted by molar-refractivity contribution is 0.0210. The second-order valence-electron chi connectivity index (χ2n) is 11.3. The normalized spacial score (nSPS) is 13.3. The van der Waals surface area contributed by atoms with E-state index in [1.54, 1.807) is 57.4 Å². The summed E-state index contributed by atoms with van der Waals surface area (Å²) in [6, 6.07) is 16.2. The van der Waals surface area contributed by atoms with Crippen LogP contribution in [0.15, 0.2) is 67.0 Å². The second-order valence-corrected chi connectivity index (χ2v) is 11.3. The molecule has 2 aromatic heterocycles. The Morgan fingerprint density at radius 1 is 1.02 bits per heavy atom. The maximum absolute atomic E-state index is 15.8. The van der Waals surface area contributed by atoms with Crippen LogP contribution in [0.2, 0.25) is 0 Å². The van der Waals surface area contributed by atoms with Gasteiger partial charge in [0, 0.05) is 35.2 Å². The number of nitrogens with zero attached hydrogens (tertiary/aromatic N) is 4. The van der Waals surface area contributed by atoms with Crippen molar-refractivity contribution in [2.24, 2.45) is 0 Å². The topological polar surface area (TPSA) is 86.6 Å². The van der Waals surface area contributed by atoms with Crippen LogP contribution in [0.25, 0.3) is 22.4 Å². The third kappa shape index (κ3) is 5.99. The molecule has 5 rings (SSSR count). The van der Waals surface area contributed by atoms with Crippen LogP contribution < -0.4 is 4.74 Å². The first kappa shape index (κ1) is 28.0. The molecule has 0 atom stereocenters. The van der Waals surface area contributed by atoms with Crippen LogP contribution in [0.5, 0.6) is 5.75 Å². The van der Waals surface area contributed by atoms with Crippen LogP contribution >= 0.6 is 0 Å². The number of pyridine rings is 1. The van der Waals surface area contributed by atoms with Crippen molar-refractivity contribution in [3.05, 3.63) is 89.6 Å². The number of hydrogen-bond acceptors (Lipinski definition) is 6. The van der Waals surface area contributed by atoms with Crippen LogP contribution in [0.4, 0.5) is 9.18 Å². The Labute approximate surface area is 238 Å². The number of amides is 2.